The van der Waals surface area contributed by atoms with Gasteiger partial charge in [-0.05, 0) is 60.5 Å². The lowest BCUT2D eigenvalue weighted by Gasteiger charge is -2.34. The lowest BCUT2D eigenvalue weighted by Crippen LogP contribution is -2.53. The van der Waals surface area contributed by atoms with Crippen LogP contribution in [0.15, 0.2) is 112 Å². The summed E-state index contributed by atoms with van der Waals surface area (Å²) in [7, 11) is -2.78. The molecule has 0 fully saturated rings. The van der Waals surface area contributed by atoms with E-state index in [1.807, 2.05) is 54.6 Å². The van der Waals surface area contributed by atoms with Crippen LogP contribution < -0.4 is 14.4 Å². The topological polar surface area (TPSA) is 96.0 Å². The van der Waals surface area contributed by atoms with E-state index in [2.05, 4.69) is 21.2 Å². The molecule has 0 heterocycles. The second kappa shape index (κ2) is 15.2. The Morgan fingerprint density at radius 2 is 1.57 bits per heavy atom. The zero-order valence-corrected chi connectivity index (χ0v) is 27.5. The summed E-state index contributed by atoms with van der Waals surface area (Å²) in [6.07, 6.45) is 0.228. The molecule has 44 heavy (non-hydrogen) atoms. The molecular weight excluding hydrogens is 666 g/mol. The first kappa shape index (κ1) is 33.0. The van der Waals surface area contributed by atoms with Gasteiger partial charge in [-0.15, -0.1) is 0 Å². The molecule has 8 nitrogen and oxygen atoms in total. The Hall–Kier alpha value is -3.86. The number of carbonyl (C=O) groups is 2. The third-order valence-corrected chi connectivity index (χ3v) is 9.47. The van der Waals surface area contributed by atoms with E-state index in [4.69, 9.17) is 16.3 Å². The Bertz CT molecular complexity index is 1690. The minimum absolute atomic E-state index is 0.00263. The molecule has 0 aromatic heterocycles. The summed E-state index contributed by atoms with van der Waals surface area (Å²) in [6.45, 7) is 1.65. The average Bonchev–Trinajstić information content (AvgIpc) is 3.02. The second-order valence-corrected chi connectivity index (χ2v) is 13.1. The number of hydrogen-bond donors (Lipinski definition) is 1. The largest absolute Gasteiger partial charge is 0.495 e. The van der Waals surface area contributed by atoms with Crippen molar-refractivity contribution in [2.45, 2.75) is 30.8 Å². The smallest absolute Gasteiger partial charge is 0.264 e. The number of nitrogens with zero attached hydrogens (tertiary/aromatic N) is 2. The molecule has 230 valence electrons. The molecule has 1 N–H and O–H groups in total. The summed E-state index contributed by atoms with van der Waals surface area (Å²) >= 11 is 9.89. The van der Waals surface area contributed by atoms with Crippen LogP contribution in [0.3, 0.4) is 0 Å². The Labute approximate surface area is 271 Å². The number of carbonyl (C=O) groups excluding carboxylic acids is 2. The van der Waals surface area contributed by atoms with Crippen molar-refractivity contribution in [1.82, 2.24) is 10.2 Å². The summed E-state index contributed by atoms with van der Waals surface area (Å²) in [5.41, 5.74) is 1.79. The molecule has 0 radical (unpaired) electrons. The van der Waals surface area contributed by atoms with Gasteiger partial charge < -0.3 is 15.0 Å². The minimum atomic E-state index is -4.24. The van der Waals surface area contributed by atoms with E-state index in [0.29, 0.717) is 12.3 Å². The van der Waals surface area contributed by atoms with Crippen molar-refractivity contribution in [2.75, 3.05) is 24.5 Å². The van der Waals surface area contributed by atoms with Crippen molar-refractivity contribution >= 4 is 55.1 Å². The molecule has 0 aliphatic heterocycles. The first-order chi connectivity index (χ1) is 21.1. The normalized spacial score (nSPS) is 11.8. The number of anilines is 1. The van der Waals surface area contributed by atoms with E-state index in [0.717, 1.165) is 19.9 Å². The van der Waals surface area contributed by atoms with Gasteiger partial charge in [-0.3, -0.25) is 13.9 Å². The van der Waals surface area contributed by atoms with Crippen LogP contribution in [0.1, 0.15) is 18.1 Å². The molecule has 1 atom stereocenters. The molecule has 0 aliphatic rings. The van der Waals surface area contributed by atoms with Crippen LogP contribution in [0.2, 0.25) is 5.02 Å². The number of benzene rings is 4. The van der Waals surface area contributed by atoms with E-state index in [1.165, 1.54) is 36.3 Å². The maximum absolute atomic E-state index is 14.4. The van der Waals surface area contributed by atoms with Crippen molar-refractivity contribution in [2.24, 2.45) is 0 Å². The van der Waals surface area contributed by atoms with Gasteiger partial charge in [0.15, 0.2) is 0 Å². The number of likely N-dealkylation sites (N-methyl/N-ethyl adjacent to an activating group) is 1. The number of hydrogen-bond acceptors (Lipinski definition) is 5. The van der Waals surface area contributed by atoms with Crippen molar-refractivity contribution in [3.8, 4) is 5.75 Å². The monoisotopic (exact) mass is 697 g/mol. The van der Waals surface area contributed by atoms with Gasteiger partial charge in [0.25, 0.3) is 10.0 Å². The van der Waals surface area contributed by atoms with E-state index in [9.17, 15) is 18.0 Å². The highest BCUT2D eigenvalue weighted by atomic mass is 79.9. The summed E-state index contributed by atoms with van der Waals surface area (Å²) in [6, 6.07) is 28.2. The SMILES string of the molecule is CCNC(=O)[C@@H](Cc1ccccc1)N(Cc1cccc(Br)c1)C(=O)CN(c1ccc(OC)c(Cl)c1)S(=O)(=O)c1ccccc1. The van der Waals surface area contributed by atoms with Crippen LogP contribution in [0, 0.1) is 0 Å². The second-order valence-electron chi connectivity index (χ2n) is 9.90. The van der Waals surface area contributed by atoms with Gasteiger partial charge in [-0.2, -0.15) is 0 Å². The van der Waals surface area contributed by atoms with E-state index in [1.54, 1.807) is 31.2 Å². The van der Waals surface area contributed by atoms with Crippen LogP contribution >= 0.6 is 27.5 Å². The molecule has 4 rings (SSSR count). The molecule has 0 spiro atoms. The maximum Gasteiger partial charge on any atom is 0.264 e. The quantitative estimate of drug-likeness (QED) is 0.183. The van der Waals surface area contributed by atoms with Crippen LogP contribution in [-0.2, 0) is 32.6 Å². The van der Waals surface area contributed by atoms with Crippen LogP contribution in [-0.4, -0.2) is 51.4 Å². The highest BCUT2D eigenvalue weighted by Crippen LogP contribution is 2.32. The minimum Gasteiger partial charge on any atom is -0.495 e. The lowest BCUT2D eigenvalue weighted by atomic mass is 10.0. The van der Waals surface area contributed by atoms with Crippen LogP contribution in [0.5, 0.6) is 5.75 Å². The number of nitrogens with one attached hydrogen (secondary N) is 1. The fraction of sp³-hybridized carbons (Fsp3) is 0.212. The van der Waals surface area contributed by atoms with Crippen LogP contribution in [0.4, 0.5) is 5.69 Å². The molecule has 2 amide bonds. The van der Waals surface area contributed by atoms with Crippen molar-refractivity contribution in [3.63, 3.8) is 0 Å². The first-order valence-electron chi connectivity index (χ1n) is 13.9. The molecule has 0 unspecified atom stereocenters. The molecule has 4 aromatic rings. The fourth-order valence-corrected chi connectivity index (χ4v) is 6.86. The highest BCUT2D eigenvalue weighted by molar-refractivity contribution is 9.10. The summed E-state index contributed by atoms with van der Waals surface area (Å²) in [4.78, 5) is 29.4. The lowest BCUT2D eigenvalue weighted by molar-refractivity contribution is -0.140. The van der Waals surface area contributed by atoms with Gasteiger partial charge in [-0.1, -0.05) is 88.2 Å². The van der Waals surface area contributed by atoms with E-state index in [-0.39, 0.29) is 34.5 Å². The third-order valence-electron chi connectivity index (χ3n) is 6.90. The van der Waals surface area contributed by atoms with Crippen molar-refractivity contribution in [3.05, 3.63) is 124 Å². The average molecular weight is 699 g/mol. The Morgan fingerprint density at radius 3 is 2.18 bits per heavy atom. The number of ether oxygens (including phenoxy) is 1. The zero-order chi connectivity index (χ0) is 31.7. The summed E-state index contributed by atoms with van der Waals surface area (Å²) in [5.74, 6) is -0.553. The Kier molecular flexibility index (Phi) is 11.4. The van der Waals surface area contributed by atoms with Gasteiger partial charge in [0.05, 0.1) is 22.7 Å². The summed E-state index contributed by atoms with van der Waals surface area (Å²) < 4.78 is 35.2. The molecular formula is C33H33BrClN3O5S. The number of amides is 2. The van der Waals surface area contributed by atoms with Gasteiger partial charge in [0, 0.05) is 24.0 Å². The Balaban J connectivity index is 1.81. The van der Waals surface area contributed by atoms with Crippen LogP contribution in [0.25, 0.3) is 0 Å². The van der Waals surface area contributed by atoms with Gasteiger partial charge >= 0.3 is 0 Å². The number of halogens is 2. The van der Waals surface area contributed by atoms with Crippen molar-refractivity contribution < 1.29 is 22.7 Å². The molecule has 0 aliphatic carbocycles. The predicted octanol–water partition coefficient (Wildman–Crippen LogP) is 6.08. The third kappa shape index (κ3) is 8.19. The standard InChI is InChI=1S/C33H33BrClN3O5S/c1-3-36-33(40)30(20-24-11-6-4-7-12-24)37(22-25-13-10-14-26(34)19-25)32(39)23-38(27-17-18-31(43-2)29(35)21-27)44(41,42)28-15-8-5-9-16-28/h4-19,21,30H,3,20,22-23H2,1-2H3,(H,36,40)/t30-/m1/s1. The fourth-order valence-electron chi connectivity index (χ4n) is 4.74. The molecule has 4 aromatic carbocycles. The zero-order valence-electron chi connectivity index (χ0n) is 24.3. The Morgan fingerprint density at radius 1 is 0.909 bits per heavy atom. The number of sulfonamides is 1. The predicted molar refractivity (Wildman–Crippen MR) is 176 cm³/mol. The molecule has 0 saturated carbocycles. The van der Waals surface area contributed by atoms with Gasteiger partial charge in [-0.25, -0.2) is 8.42 Å². The number of rotatable bonds is 13. The molecule has 11 heteroatoms. The van der Waals surface area contributed by atoms with Gasteiger partial charge in [0.1, 0.15) is 18.3 Å². The number of methoxy groups -OCH3 is 1. The maximum atomic E-state index is 14.4. The van der Waals surface area contributed by atoms with E-state index >= 15 is 0 Å². The van der Waals surface area contributed by atoms with Crippen molar-refractivity contribution in [1.29, 1.82) is 0 Å². The highest BCUT2D eigenvalue weighted by Gasteiger charge is 2.34. The summed E-state index contributed by atoms with van der Waals surface area (Å²) in [5, 5.41) is 3.04. The first-order valence-corrected chi connectivity index (χ1v) is 16.5. The van der Waals surface area contributed by atoms with E-state index < -0.39 is 28.5 Å². The molecule has 0 saturated heterocycles. The molecule has 0 bridgehead atoms. The van der Waals surface area contributed by atoms with Gasteiger partial charge in [0.2, 0.25) is 11.8 Å².